The Balaban J connectivity index is 2.38. The molecule has 1 N–H and O–H groups in total. The summed E-state index contributed by atoms with van der Waals surface area (Å²) in [6, 6.07) is 1.76. The Hall–Kier alpha value is -0.736. The molecule has 0 radical (unpaired) electrons. The number of rotatable bonds is 3. The Morgan fingerprint density at radius 3 is 3.22 bits per heavy atom. The second-order valence-electron chi connectivity index (χ2n) is 1.21. The van der Waals surface area contributed by atoms with E-state index in [0.29, 0.717) is 0 Å². The molecular formula is C3H4N5Ni-. The van der Waals surface area contributed by atoms with Gasteiger partial charge in [0.05, 0.1) is 0 Å². The van der Waals surface area contributed by atoms with E-state index in [2.05, 4.69) is 35.6 Å². The van der Waals surface area contributed by atoms with Crippen molar-refractivity contribution in [3.8, 4) is 0 Å². The van der Waals surface area contributed by atoms with Crippen LogP contribution in [0, 0.1) is 0 Å². The van der Waals surface area contributed by atoms with Crippen LogP contribution in [0.25, 0.3) is 5.53 Å². The standard InChI is InChI=1S/C3H4N5.Ni/c4-6-7-8-3-1-2-5-8;/h1-3,7H;/q-1;. The van der Waals surface area contributed by atoms with Gasteiger partial charge in [-0.3, -0.25) is 0 Å². The van der Waals surface area contributed by atoms with Crippen LogP contribution in [0.2, 0.25) is 0 Å². The molecule has 9 heavy (non-hydrogen) atoms. The van der Waals surface area contributed by atoms with Crippen molar-refractivity contribution < 1.29 is 15.3 Å². The normalized spacial score (nSPS) is 9.11. The second kappa shape index (κ2) is 3.32. The predicted octanol–water partition coefficient (Wildman–Crippen LogP) is 0.361. The monoisotopic (exact) mass is 168 g/mol. The van der Waals surface area contributed by atoms with Gasteiger partial charge in [0.25, 0.3) is 0 Å². The molecular weight excluding hydrogens is 165 g/mol. The van der Waals surface area contributed by atoms with E-state index in [1.807, 2.05) is 0 Å². The van der Waals surface area contributed by atoms with Gasteiger partial charge >= 0.3 is 58.8 Å². The molecule has 0 aromatic carbocycles. The number of nitrogens with one attached hydrogen (secondary N) is 1. The van der Waals surface area contributed by atoms with Crippen molar-refractivity contribution in [3.05, 3.63) is 24.0 Å². The van der Waals surface area contributed by atoms with Crippen LogP contribution in [-0.2, 0) is 15.3 Å². The molecule has 1 aromatic rings. The summed E-state index contributed by atoms with van der Waals surface area (Å²) in [5, 5.41) is 3.76. The molecule has 0 aliphatic carbocycles. The summed E-state index contributed by atoms with van der Waals surface area (Å²) < 4.78 is 3.09. The van der Waals surface area contributed by atoms with Gasteiger partial charge in [0.2, 0.25) is 0 Å². The number of aromatic nitrogens is 2. The van der Waals surface area contributed by atoms with Crippen molar-refractivity contribution in [2.75, 3.05) is 5.53 Å². The van der Waals surface area contributed by atoms with Crippen molar-refractivity contribution in [2.24, 2.45) is 4.14 Å². The molecule has 0 atom stereocenters. The van der Waals surface area contributed by atoms with E-state index < -0.39 is 0 Å². The molecule has 5 nitrogen and oxygen atoms in total. The Kier molecular flexibility index (Phi) is 2.36. The van der Waals surface area contributed by atoms with Crippen molar-refractivity contribution in [1.29, 1.82) is 0 Å². The summed E-state index contributed by atoms with van der Waals surface area (Å²) in [7, 11) is 0. The molecule has 0 saturated carbocycles. The third kappa shape index (κ3) is 1.91. The van der Waals surface area contributed by atoms with E-state index in [-0.39, 0.29) is 0 Å². The summed E-state index contributed by atoms with van der Waals surface area (Å²) in [4.78, 5) is 1.39. The molecule has 6 heteroatoms. The quantitative estimate of drug-likeness (QED) is 0.524. The topological polar surface area (TPSA) is 56.3 Å². The predicted molar refractivity (Wildman–Crippen MR) is 27.4 cm³/mol. The van der Waals surface area contributed by atoms with E-state index in [1.165, 1.54) is 4.79 Å². The van der Waals surface area contributed by atoms with Crippen LogP contribution in [0.15, 0.2) is 22.6 Å². The Morgan fingerprint density at radius 1 is 1.78 bits per heavy atom. The van der Waals surface area contributed by atoms with E-state index in [0.717, 1.165) is 0 Å². The molecule has 0 saturated heterocycles. The minimum absolute atomic E-state index is 1.39. The fourth-order valence-electron chi connectivity index (χ4n) is 0.388. The fourth-order valence-corrected chi connectivity index (χ4v) is 0.432. The van der Waals surface area contributed by atoms with E-state index >= 15 is 0 Å². The Morgan fingerprint density at radius 2 is 2.67 bits per heavy atom. The Labute approximate surface area is 59.5 Å². The maximum atomic E-state index is 3.92. The first kappa shape index (κ1) is 6.38. The van der Waals surface area contributed by atoms with Crippen LogP contribution in [0.1, 0.15) is 0 Å². The van der Waals surface area contributed by atoms with E-state index in [4.69, 9.17) is 0 Å². The van der Waals surface area contributed by atoms with Crippen molar-refractivity contribution >= 4 is 0 Å². The molecule has 0 aliphatic heterocycles. The number of nitrogens with zero attached hydrogens (tertiary/aromatic N) is 4. The average Bonchev–Trinajstić information content (AvgIpc) is 2.34. The fraction of sp³-hybridized carbons (Fsp3) is 0. The maximum absolute atomic E-state index is 3.92. The molecule has 0 fully saturated rings. The summed E-state index contributed by atoms with van der Waals surface area (Å²) in [5.41, 5.74) is 5.77. The molecule has 1 aromatic heterocycles. The summed E-state index contributed by atoms with van der Waals surface area (Å²) >= 11 is 3.92. The summed E-state index contributed by atoms with van der Waals surface area (Å²) in [6.07, 6.45) is 3.31. The molecule has 52 valence electrons. The van der Waals surface area contributed by atoms with Crippen LogP contribution in [0.5, 0.6) is 0 Å². The van der Waals surface area contributed by atoms with Crippen molar-refractivity contribution in [1.82, 2.24) is 9.89 Å². The zero-order valence-corrected chi connectivity index (χ0v) is 5.32. The molecule has 0 spiro atoms. The molecule has 1 rings (SSSR count). The van der Waals surface area contributed by atoms with Gasteiger partial charge in [-0.1, -0.05) is 0 Å². The van der Waals surface area contributed by atoms with E-state index in [9.17, 15) is 0 Å². The molecule has 1 heterocycles. The molecule has 0 unspecified atom stereocenters. The van der Waals surface area contributed by atoms with Crippen LogP contribution < -0.4 is 5.53 Å². The Bertz CT molecular complexity index is 170. The van der Waals surface area contributed by atoms with Crippen molar-refractivity contribution in [2.45, 2.75) is 0 Å². The first-order chi connectivity index (χ1) is 4.43. The van der Waals surface area contributed by atoms with Crippen LogP contribution >= 0.6 is 0 Å². The molecule has 0 amide bonds. The number of hydrogen-bond acceptors (Lipinski definition) is 3. The third-order valence-corrected chi connectivity index (χ3v) is 0.782. The van der Waals surface area contributed by atoms with Gasteiger partial charge in [0.15, 0.2) is 0 Å². The molecule has 0 aliphatic rings. The van der Waals surface area contributed by atoms with Gasteiger partial charge in [-0.15, -0.1) is 0 Å². The first-order valence-electron chi connectivity index (χ1n) is 2.17. The van der Waals surface area contributed by atoms with Gasteiger partial charge in [-0.05, 0) is 0 Å². The van der Waals surface area contributed by atoms with Crippen LogP contribution in [0.3, 0.4) is 0 Å². The zero-order valence-electron chi connectivity index (χ0n) is 4.34. The zero-order chi connectivity index (χ0) is 6.53. The summed E-state index contributed by atoms with van der Waals surface area (Å²) in [5.74, 6) is 0. The van der Waals surface area contributed by atoms with Crippen molar-refractivity contribution in [3.63, 3.8) is 0 Å². The minimum atomic E-state index is 1.39. The van der Waals surface area contributed by atoms with Gasteiger partial charge in [0.1, 0.15) is 0 Å². The van der Waals surface area contributed by atoms with Crippen LogP contribution in [-0.4, -0.2) is 9.89 Å². The second-order valence-corrected chi connectivity index (χ2v) is 1.41. The van der Waals surface area contributed by atoms with Crippen LogP contribution in [0.4, 0.5) is 0 Å². The average molecular weight is 169 g/mol. The van der Waals surface area contributed by atoms with Gasteiger partial charge in [0, 0.05) is 0 Å². The third-order valence-electron chi connectivity index (χ3n) is 0.683. The SMILES string of the molecule is [Ni]=[N][N-]Nn1cccn1. The summed E-state index contributed by atoms with van der Waals surface area (Å²) in [6.45, 7) is 0. The number of hydrogen-bond donors (Lipinski definition) is 1. The van der Waals surface area contributed by atoms with Gasteiger partial charge in [-0.25, -0.2) is 0 Å². The first-order valence-corrected chi connectivity index (χ1v) is 2.61. The van der Waals surface area contributed by atoms with Gasteiger partial charge in [-0.2, -0.15) is 0 Å². The van der Waals surface area contributed by atoms with Gasteiger partial charge < -0.3 is 0 Å². The molecule has 0 bridgehead atoms. The van der Waals surface area contributed by atoms with E-state index in [1.54, 1.807) is 18.5 Å².